The van der Waals surface area contributed by atoms with Crippen LogP contribution in [0, 0.1) is 5.92 Å². The Labute approximate surface area is 120 Å². The summed E-state index contributed by atoms with van der Waals surface area (Å²) in [6.07, 6.45) is 0. The van der Waals surface area contributed by atoms with Crippen LogP contribution in [0.4, 0.5) is 0 Å². The van der Waals surface area contributed by atoms with E-state index in [9.17, 15) is 13.2 Å². The monoisotopic (exact) mass is 299 g/mol. The van der Waals surface area contributed by atoms with E-state index in [2.05, 4.69) is 4.72 Å². The smallest absolute Gasteiger partial charge is 0.240 e. The topological polar surface area (TPSA) is 72.5 Å². The van der Waals surface area contributed by atoms with Gasteiger partial charge in [0.25, 0.3) is 0 Å². The number of hydrogen-bond acceptors (Lipinski definition) is 4. The normalized spacial score (nSPS) is 13.4. The van der Waals surface area contributed by atoms with Crippen molar-refractivity contribution >= 4 is 15.8 Å². The predicted molar refractivity (Wildman–Crippen MR) is 77.3 cm³/mol. The molecule has 0 heterocycles. The minimum Gasteiger partial charge on any atom is -0.383 e. The average Bonchev–Trinajstić information content (AvgIpc) is 2.38. The van der Waals surface area contributed by atoms with Crippen LogP contribution >= 0.6 is 0 Å². The zero-order valence-corrected chi connectivity index (χ0v) is 13.0. The van der Waals surface area contributed by atoms with Gasteiger partial charge in [0.2, 0.25) is 10.0 Å². The molecule has 0 aromatic heterocycles. The van der Waals surface area contributed by atoms with E-state index in [0.29, 0.717) is 12.2 Å². The van der Waals surface area contributed by atoms with Gasteiger partial charge in [0.1, 0.15) is 0 Å². The lowest BCUT2D eigenvalue weighted by Gasteiger charge is -2.21. The van der Waals surface area contributed by atoms with Gasteiger partial charge in [0.05, 0.1) is 11.5 Å². The molecule has 0 fully saturated rings. The molecule has 6 heteroatoms. The number of nitrogens with one attached hydrogen (secondary N) is 1. The molecule has 0 amide bonds. The highest BCUT2D eigenvalue weighted by Gasteiger charge is 2.22. The summed E-state index contributed by atoms with van der Waals surface area (Å²) in [6, 6.07) is 5.60. The number of ketones is 1. The van der Waals surface area contributed by atoms with Gasteiger partial charge in [-0.3, -0.25) is 4.79 Å². The molecular weight excluding hydrogens is 278 g/mol. The summed E-state index contributed by atoms with van der Waals surface area (Å²) in [5, 5.41) is 0. The molecule has 20 heavy (non-hydrogen) atoms. The number of sulfonamides is 1. The highest BCUT2D eigenvalue weighted by Crippen LogP contribution is 2.13. The largest absolute Gasteiger partial charge is 0.383 e. The van der Waals surface area contributed by atoms with Crippen molar-refractivity contribution in [1.29, 1.82) is 0 Å². The van der Waals surface area contributed by atoms with E-state index >= 15 is 0 Å². The molecule has 5 nitrogen and oxygen atoms in total. The van der Waals surface area contributed by atoms with Crippen LogP contribution in [-0.2, 0) is 14.8 Å². The van der Waals surface area contributed by atoms with Crippen molar-refractivity contribution in [3.63, 3.8) is 0 Å². The maximum atomic E-state index is 12.3. The second-order valence-electron chi connectivity index (χ2n) is 5.01. The van der Waals surface area contributed by atoms with Gasteiger partial charge in [0, 0.05) is 18.7 Å². The van der Waals surface area contributed by atoms with Gasteiger partial charge in [-0.2, -0.15) is 0 Å². The molecule has 0 radical (unpaired) electrons. The fraction of sp³-hybridized carbons (Fsp3) is 0.500. The zero-order valence-electron chi connectivity index (χ0n) is 12.2. The van der Waals surface area contributed by atoms with Crippen LogP contribution in [0.1, 0.15) is 31.1 Å². The molecule has 1 atom stereocenters. The van der Waals surface area contributed by atoms with Gasteiger partial charge < -0.3 is 4.74 Å². The molecule has 0 aliphatic rings. The third-order valence-corrected chi connectivity index (χ3v) is 4.53. The third kappa shape index (κ3) is 4.40. The van der Waals surface area contributed by atoms with Gasteiger partial charge in [-0.15, -0.1) is 0 Å². The molecule has 0 saturated heterocycles. The van der Waals surface area contributed by atoms with Crippen LogP contribution in [0.15, 0.2) is 29.2 Å². The molecule has 0 bridgehead atoms. The highest BCUT2D eigenvalue weighted by molar-refractivity contribution is 7.89. The van der Waals surface area contributed by atoms with Crippen molar-refractivity contribution in [1.82, 2.24) is 4.72 Å². The van der Waals surface area contributed by atoms with Crippen molar-refractivity contribution in [3.05, 3.63) is 29.8 Å². The van der Waals surface area contributed by atoms with Gasteiger partial charge in [-0.05, 0) is 25.0 Å². The molecule has 1 rings (SSSR count). The summed E-state index contributed by atoms with van der Waals surface area (Å²) in [6.45, 7) is 5.59. The Bertz CT molecular complexity index is 549. The van der Waals surface area contributed by atoms with E-state index in [4.69, 9.17) is 4.74 Å². The molecule has 0 aliphatic heterocycles. The molecular formula is C14H21NO4S. The molecule has 1 N–H and O–H groups in total. The fourth-order valence-electron chi connectivity index (χ4n) is 1.68. The Balaban J connectivity index is 2.95. The Morgan fingerprint density at radius 1 is 1.25 bits per heavy atom. The van der Waals surface area contributed by atoms with Gasteiger partial charge in [-0.1, -0.05) is 26.0 Å². The fourth-order valence-corrected chi connectivity index (χ4v) is 3.05. The number of carbonyl (C=O) groups excluding carboxylic acids is 1. The Morgan fingerprint density at radius 3 is 2.20 bits per heavy atom. The summed E-state index contributed by atoms with van der Waals surface area (Å²) < 4.78 is 32.1. The Morgan fingerprint density at radius 2 is 1.80 bits per heavy atom. The number of carbonyl (C=O) groups is 1. The minimum atomic E-state index is -3.61. The van der Waals surface area contributed by atoms with Gasteiger partial charge >= 0.3 is 0 Å². The number of rotatable bonds is 7. The number of Topliss-reactive ketones (excluding diaryl/α,β-unsaturated/α-hetero) is 1. The van der Waals surface area contributed by atoms with Crippen molar-refractivity contribution in [2.45, 2.75) is 31.7 Å². The van der Waals surface area contributed by atoms with E-state index < -0.39 is 10.0 Å². The predicted octanol–water partition coefficient (Wildman–Crippen LogP) is 1.84. The first-order chi connectivity index (χ1) is 9.27. The second-order valence-corrected chi connectivity index (χ2v) is 6.72. The number of benzene rings is 1. The minimum absolute atomic E-state index is 0.0960. The van der Waals surface area contributed by atoms with E-state index in [1.165, 1.54) is 38.3 Å². The molecule has 0 saturated carbocycles. The first-order valence-electron chi connectivity index (χ1n) is 6.40. The van der Waals surface area contributed by atoms with Crippen LogP contribution in [0.25, 0.3) is 0 Å². The lowest BCUT2D eigenvalue weighted by molar-refractivity contribution is 0.101. The zero-order chi connectivity index (χ0) is 15.3. The molecule has 1 aromatic rings. The molecule has 112 valence electrons. The number of methoxy groups -OCH3 is 1. The van der Waals surface area contributed by atoms with Crippen LogP contribution in [0.5, 0.6) is 0 Å². The molecule has 0 spiro atoms. The second kappa shape index (κ2) is 6.97. The standard InChI is InChI=1S/C14H21NO4S/c1-10(2)14(9-19-4)15-20(17,18)13-7-5-12(6-8-13)11(3)16/h5-8,10,14-15H,9H2,1-4H3. The first-order valence-corrected chi connectivity index (χ1v) is 7.88. The molecule has 0 aliphatic carbocycles. The van der Waals surface area contributed by atoms with E-state index in [1.54, 1.807) is 0 Å². The average molecular weight is 299 g/mol. The summed E-state index contributed by atoms with van der Waals surface area (Å²) in [5.41, 5.74) is 0.487. The summed E-state index contributed by atoms with van der Waals surface area (Å²) in [7, 11) is -2.08. The number of ether oxygens (including phenoxy) is 1. The third-order valence-electron chi connectivity index (χ3n) is 3.03. The maximum Gasteiger partial charge on any atom is 0.240 e. The van der Waals surface area contributed by atoms with Gasteiger partial charge in [0.15, 0.2) is 5.78 Å². The maximum absolute atomic E-state index is 12.3. The summed E-state index contributed by atoms with van der Waals surface area (Å²) in [4.78, 5) is 11.3. The van der Waals surface area contributed by atoms with Gasteiger partial charge in [-0.25, -0.2) is 13.1 Å². The number of hydrogen-bond donors (Lipinski definition) is 1. The first kappa shape index (κ1) is 16.8. The lowest BCUT2D eigenvalue weighted by Crippen LogP contribution is -2.41. The SMILES string of the molecule is COCC(NS(=O)(=O)c1ccc(C(C)=O)cc1)C(C)C. The summed E-state index contributed by atoms with van der Waals surface area (Å²) >= 11 is 0. The Kier molecular flexibility index (Phi) is 5.86. The quantitative estimate of drug-likeness (QED) is 0.780. The van der Waals surface area contributed by atoms with Crippen molar-refractivity contribution in [3.8, 4) is 0 Å². The highest BCUT2D eigenvalue weighted by atomic mass is 32.2. The lowest BCUT2D eigenvalue weighted by atomic mass is 10.1. The molecule has 1 aromatic carbocycles. The molecule has 1 unspecified atom stereocenters. The van der Waals surface area contributed by atoms with E-state index in [0.717, 1.165) is 0 Å². The van der Waals surface area contributed by atoms with Crippen LogP contribution in [-0.4, -0.2) is 34.0 Å². The van der Waals surface area contributed by atoms with Crippen LogP contribution in [0.3, 0.4) is 0 Å². The van der Waals surface area contributed by atoms with Crippen molar-refractivity contribution < 1.29 is 17.9 Å². The van der Waals surface area contributed by atoms with E-state index in [-0.39, 0.29) is 22.6 Å². The van der Waals surface area contributed by atoms with Crippen LogP contribution < -0.4 is 4.72 Å². The van der Waals surface area contributed by atoms with Crippen LogP contribution in [0.2, 0.25) is 0 Å². The van der Waals surface area contributed by atoms with E-state index in [1.807, 2.05) is 13.8 Å². The van der Waals surface area contributed by atoms with Crippen molar-refractivity contribution in [2.24, 2.45) is 5.92 Å². The van der Waals surface area contributed by atoms with Crippen molar-refractivity contribution in [2.75, 3.05) is 13.7 Å². The summed E-state index contributed by atoms with van der Waals surface area (Å²) in [5.74, 6) is 0.0163. The Hall–Kier alpha value is -1.24.